The Morgan fingerprint density at radius 3 is 2.76 bits per heavy atom. The van der Waals surface area contributed by atoms with Crippen molar-refractivity contribution in [2.24, 2.45) is 0 Å². The summed E-state index contributed by atoms with van der Waals surface area (Å²) in [5.74, 6) is 0.853. The standard InChI is InChI=1S/C24H27NO4/c1-17-9-10-23-21(12-17)24(26)19(16-29-23)14-25(15-20-7-5-11-28-20)13-18-6-3-4-8-22(18)27-2/h3-4,6,8-10,12,16,20H,5,7,11,13-15H2,1-2H3. The molecule has 0 radical (unpaired) electrons. The summed E-state index contributed by atoms with van der Waals surface area (Å²) in [5, 5.41) is 0.636. The zero-order chi connectivity index (χ0) is 20.2. The average molecular weight is 393 g/mol. The first kappa shape index (κ1) is 19.7. The Labute approximate surface area is 170 Å². The van der Waals surface area contributed by atoms with Crippen molar-refractivity contribution in [1.82, 2.24) is 4.90 Å². The molecular formula is C24H27NO4. The molecule has 0 amide bonds. The van der Waals surface area contributed by atoms with Gasteiger partial charge in [0.25, 0.3) is 0 Å². The second-order valence-electron chi connectivity index (χ2n) is 7.71. The molecule has 2 heterocycles. The average Bonchev–Trinajstić information content (AvgIpc) is 3.24. The van der Waals surface area contributed by atoms with Crippen LogP contribution in [0, 0.1) is 6.92 Å². The van der Waals surface area contributed by atoms with Crippen molar-refractivity contribution in [3.8, 4) is 5.75 Å². The molecule has 0 bridgehead atoms. The summed E-state index contributed by atoms with van der Waals surface area (Å²) in [6.45, 7) is 4.74. The lowest BCUT2D eigenvalue weighted by Crippen LogP contribution is -2.33. The molecule has 0 spiro atoms. The van der Waals surface area contributed by atoms with E-state index < -0.39 is 0 Å². The predicted octanol–water partition coefficient (Wildman–Crippen LogP) is 4.29. The van der Waals surface area contributed by atoms with E-state index >= 15 is 0 Å². The first-order valence-electron chi connectivity index (χ1n) is 10.1. The van der Waals surface area contributed by atoms with Crippen molar-refractivity contribution in [2.75, 3.05) is 20.3 Å². The van der Waals surface area contributed by atoms with E-state index in [-0.39, 0.29) is 11.5 Å². The molecule has 4 rings (SSSR count). The highest BCUT2D eigenvalue weighted by Crippen LogP contribution is 2.23. The molecule has 0 saturated carbocycles. The Bertz CT molecular complexity index is 1040. The maximum absolute atomic E-state index is 13.1. The summed E-state index contributed by atoms with van der Waals surface area (Å²) in [4.78, 5) is 15.3. The monoisotopic (exact) mass is 393 g/mol. The maximum atomic E-state index is 13.1. The highest BCUT2D eigenvalue weighted by molar-refractivity contribution is 5.77. The number of benzene rings is 2. The molecule has 1 saturated heterocycles. The third-order valence-corrected chi connectivity index (χ3v) is 5.47. The van der Waals surface area contributed by atoms with Gasteiger partial charge >= 0.3 is 0 Å². The minimum Gasteiger partial charge on any atom is -0.496 e. The van der Waals surface area contributed by atoms with Crippen LogP contribution in [0.1, 0.15) is 29.5 Å². The van der Waals surface area contributed by atoms with E-state index in [2.05, 4.69) is 11.0 Å². The molecule has 0 N–H and O–H groups in total. The van der Waals surface area contributed by atoms with Crippen molar-refractivity contribution in [3.63, 3.8) is 0 Å². The van der Waals surface area contributed by atoms with E-state index in [4.69, 9.17) is 13.9 Å². The molecule has 1 atom stereocenters. The fourth-order valence-electron chi connectivity index (χ4n) is 3.97. The predicted molar refractivity (Wildman–Crippen MR) is 113 cm³/mol. The van der Waals surface area contributed by atoms with Crippen LogP contribution in [0.4, 0.5) is 0 Å². The Hall–Kier alpha value is -2.63. The van der Waals surface area contributed by atoms with E-state index in [1.807, 2.05) is 43.3 Å². The quantitative estimate of drug-likeness (QED) is 0.599. The van der Waals surface area contributed by atoms with Gasteiger partial charge in [-0.2, -0.15) is 0 Å². The summed E-state index contributed by atoms with van der Waals surface area (Å²) in [5.41, 5.74) is 3.46. The van der Waals surface area contributed by atoms with Crippen LogP contribution < -0.4 is 10.2 Å². The Morgan fingerprint density at radius 2 is 1.97 bits per heavy atom. The van der Waals surface area contributed by atoms with Crippen molar-refractivity contribution >= 4 is 11.0 Å². The van der Waals surface area contributed by atoms with Crippen LogP contribution in [-0.2, 0) is 17.8 Å². The van der Waals surface area contributed by atoms with Gasteiger partial charge in [-0.3, -0.25) is 9.69 Å². The van der Waals surface area contributed by atoms with Crippen LogP contribution in [0.15, 0.2) is 57.9 Å². The summed E-state index contributed by atoms with van der Waals surface area (Å²) >= 11 is 0. The van der Waals surface area contributed by atoms with Gasteiger partial charge in [0.05, 0.1) is 24.9 Å². The van der Waals surface area contributed by atoms with Gasteiger partial charge in [-0.05, 0) is 38.0 Å². The zero-order valence-corrected chi connectivity index (χ0v) is 17.0. The van der Waals surface area contributed by atoms with E-state index in [0.717, 1.165) is 42.9 Å². The number of methoxy groups -OCH3 is 1. The van der Waals surface area contributed by atoms with Crippen molar-refractivity contribution in [3.05, 3.63) is 75.6 Å². The van der Waals surface area contributed by atoms with Gasteiger partial charge in [0, 0.05) is 37.4 Å². The Morgan fingerprint density at radius 1 is 1.14 bits per heavy atom. The first-order chi connectivity index (χ1) is 14.1. The molecule has 5 nitrogen and oxygen atoms in total. The topological polar surface area (TPSA) is 51.9 Å². The number of rotatable bonds is 7. The summed E-state index contributed by atoms with van der Waals surface area (Å²) in [6.07, 6.45) is 3.93. The number of hydrogen-bond donors (Lipinski definition) is 0. The van der Waals surface area contributed by atoms with Crippen molar-refractivity contribution in [1.29, 1.82) is 0 Å². The third-order valence-electron chi connectivity index (χ3n) is 5.47. The summed E-state index contributed by atoms with van der Waals surface area (Å²) in [7, 11) is 1.68. The fourth-order valence-corrected chi connectivity index (χ4v) is 3.97. The van der Waals surface area contributed by atoms with Gasteiger partial charge in [0.15, 0.2) is 5.43 Å². The fraction of sp³-hybridized carbons (Fsp3) is 0.375. The molecule has 1 aliphatic rings. The Balaban J connectivity index is 1.63. The summed E-state index contributed by atoms with van der Waals surface area (Å²) in [6, 6.07) is 13.7. The highest BCUT2D eigenvalue weighted by Gasteiger charge is 2.21. The van der Waals surface area contributed by atoms with Crippen molar-refractivity contribution < 1.29 is 13.9 Å². The molecule has 1 aromatic heterocycles. The van der Waals surface area contributed by atoms with E-state index in [9.17, 15) is 4.79 Å². The van der Waals surface area contributed by atoms with E-state index in [0.29, 0.717) is 29.6 Å². The SMILES string of the molecule is COc1ccccc1CN(Cc1coc2ccc(C)cc2c1=O)CC1CCCO1. The van der Waals surface area contributed by atoms with Crippen LogP contribution >= 0.6 is 0 Å². The molecule has 29 heavy (non-hydrogen) atoms. The summed E-state index contributed by atoms with van der Waals surface area (Å²) < 4.78 is 17.1. The van der Waals surface area contributed by atoms with E-state index in [1.54, 1.807) is 13.4 Å². The van der Waals surface area contributed by atoms with Crippen LogP contribution in [-0.4, -0.2) is 31.3 Å². The normalized spacial score (nSPS) is 16.6. The number of aryl methyl sites for hydroxylation is 1. The van der Waals surface area contributed by atoms with Crippen LogP contribution in [0.3, 0.4) is 0 Å². The molecule has 152 valence electrons. The lowest BCUT2D eigenvalue weighted by Gasteiger charge is -2.25. The largest absolute Gasteiger partial charge is 0.496 e. The number of para-hydroxylation sites is 1. The Kier molecular flexibility index (Phi) is 5.97. The van der Waals surface area contributed by atoms with Gasteiger partial charge in [0.1, 0.15) is 11.3 Å². The number of nitrogens with zero attached hydrogens (tertiary/aromatic N) is 1. The lowest BCUT2D eigenvalue weighted by molar-refractivity contribution is 0.0673. The first-order valence-corrected chi connectivity index (χ1v) is 10.1. The molecule has 3 aromatic rings. The maximum Gasteiger partial charge on any atom is 0.197 e. The molecule has 1 unspecified atom stereocenters. The van der Waals surface area contributed by atoms with Crippen LogP contribution in [0.25, 0.3) is 11.0 Å². The van der Waals surface area contributed by atoms with Gasteiger partial charge in [-0.1, -0.05) is 29.8 Å². The zero-order valence-electron chi connectivity index (χ0n) is 17.0. The highest BCUT2D eigenvalue weighted by atomic mass is 16.5. The second kappa shape index (κ2) is 8.80. The number of fused-ring (bicyclic) bond motifs is 1. The third kappa shape index (κ3) is 4.52. The molecule has 1 aliphatic heterocycles. The molecule has 1 fully saturated rings. The number of ether oxygens (including phenoxy) is 2. The molecule has 2 aromatic carbocycles. The van der Waals surface area contributed by atoms with Gasteiger partial charge in [0.2, 0.25) is 0 Å². The molecule has 5 heteroatoms. The lowest BCUT2D eigenvalue weighted by atomic mass is 10.1. The van der Waals surface area contributed by atoms with E-state index in [1.165, 1.54) is 0 Å². The molecular weight excluding hydrogens is 366 g/mol. The molecule has 0 aliphatic carbocycles. The minimum absolute atomic E-state index is 0.0346. The smallest absolute Gasteiger partial charge is 0.197 e. The van der Waals surface area contributed by atoms with Gasteiger partial charge in [-0.15, -0.1) is 0 Å². The van der Waals surface area contributed by atoms with Crippen molar-refractivity contribution in [2.45, 2.75) is 39.0 Å². The van der Waals surface area contributed by atoms with Crippen LogP contribution in [0.2, 0.25) is 0 Å². The van der Waals surface area contributed by atoms with Gasteiger partial charge in [-0.25, -0.2) is 0 Å². The number of hydrogen-bond acceptors (Lipinski definition) is 5. The minimum atomic E-state index is 0.0346. The van der Waals surface area contributed by atoms with Gasteiger partial charge < -0.3 is 13.9 Å². The second-order valence-corrected chi connectivity index (χ2v) is 7.71. The van der Waals surface area contributed by atoms with Crippen LogP contribution in [0.5, 0.6) is 5.75 Å².